The SMILES string of the molecule is CCNC(=NCC(O)c1ccc(Cl)s1)NCCCn1cnc2ccccc21. The topological polar surface area (TPSA) is 74.5 Å². The van der Waals surface area contributed by atoms with E-state index in [0.717, 1.165) is 42.0 Å². The normalized spacial score (nSPS) is 13.1. The van der Waals surface area contributed by atoms with Crippen LogP contribution in [-0.4, -0.2) is 40.3 Å². The Morgan fingerprint density at radius 1 is 1.30 bits per heavy atom. The second-order valence-corrected chi connectivity index (χ2v) is 7.83. The Morgan fingerprint density at radius 2 is 2.15 bits per heavy atom. The first-order chi connectivity index (χ1) is 13.2. The molecule has 0 amide bonds. The number of hydrogen-bond acceptors (Lipinski definition) is 4. The summed E-state index contributed by atoms with van der Waals surface area (Å²) >= 11 is 7.30. The molecule has 0 fully saturated rings. The molecule has 0 aliphatic rings. The van der Waals surface area contributed by atoms with E-state index in [1.54, 1.807) is 6.07 Å². The number of nitrogens with zero attached hydrogens (tertiary/aromatic N) is 3. The molecular weight excluding hydrogens is 382 g/mol. The number of hydrogen-bond donors (Lipinski definition) is 3. The largest absolute Gasteiger partial charge is 0.386 e. The molecule has 3 rings (SSSR count). The van der Waals surface area contributed by atoms with Gasteiger partial charge in [0.1, 0.15) is 6.10 Å². The first kappa shape index (κ1) is 19.7. The predicted molar refractivity (Wildman–Crippen MR) is 113 cm³/mol. The van der Waals surface area contributed by atoms with E-state index < -0.39 is 6.10 Å². The highest BCUT2D eigenvalue weighted by Gasteiger charge is 2.10. The Hall–Kier alpha value is -2.09. The van der Waals surface area contributed by atoms with Gasteiger partial charge in [0.05, 0.1) is 28.2 Å². The number of para-hydroxylation sites is 2. The van der Waals surface area contributed by atoms with Crippen molar-refractivity contribution in [2.45, 2.75) is 26.0 Å². The van der Waals surface area contributed by atoms with Gasteiger partial charge < -0.3 is 20.3 Å². The Balaban J connectivity index is 1.49. The number of benzene rings is 1. The number of aromatic nitrogens is 2. The fourth-order valence-corrected chi connectivity index (χ4v) is 3.80. The number of thiophene rings is 1. The third kappa shape index (κ3) is 5.45. The van der Waals surface area contributed by atoms with Crippen LogP contribution in [0.25, 0.3) is 11.0 Å². The molecule has 0 saturated carbocycles. The maximum absolute atomic E-state index is 10.2. The van der Waals surface area contributed by atoms with Crippen LogP contribution < -0.4 is 10.6 Å². The van der Waals surface area contributed by atoms with E-state index >= 15 is 0 Å². The number of nitrogens with one attached hydrogen (secondary N) is 2. The molecule has 2 heterocycles. The molecular formula is C19H24ClN5OS. The quantitative estimate of drug-likeness (QED) is 0.305. The molecule has 0 aliphatic carbocycles. The highest BCUT2D eigenvalue weighted by atomic mass is 35.5. The van der Waals surface area contributed by atoms with Gasteiger partial charge in [-0.1, -0.05) is 23.7 Å². The summed E-state index contributed by atoms with van der Waals surface area (Å²) in [4.78, 5) is 9.71. The summed E-state index contributed by atoms with van der Waals surface area (Å²) in [6, 6.07) is 11.8. The number of aliphatic hydroxyl groups is 1. The predicted octanol–water partition coefficient (Wildman–Crippen LogP) is 3.43. The van der Waals surface area contributed by atoms with Crippen molar-refractivity contribution in [3.05, 3.63) is 51.9 Å². The van der Waals surface area contributed by atoms with Crippen LogP contribution in [-0.2, 0) is 6.54 Å². The molecule has 3 aromatic rings. The molecule has 2 aromatic heterocycles. The van der Waals surface area contributed by atoms with Crippen molar-refractivity contribution in [2.24, 2.45) is 4.99 Å². The minimum Gasteiger partial charge on any atom is -0.386 e. The number of imidazole rings is 1. The number of guanidine groups is 1. The van der Waals surface area contributed by atoms with Crippen LogP contribution >= 0.6 is 22.9 Å². The molecule has 0 saturated heterocycles. The molecule has 1 unspecified atom stereocenters. The van der Waals surface area contributed by atoms with Crippen molar-refractivity contribution in [3.8, 4) is 0 Å². The zero-order valence-corrected chi connectivity index (χ0v) is 16.8. The van der Waals surface area contributed by atoms with E-state index in [1.165, 1.54) is 11.3 Å². The van der Waals surface area contributed by atoms with Gasteiger partial charge in [0.25, 0.3) is 0 Å². The van der Waals surface area contributed by atoms with Gasteiger partial charge in [-0.3, -0.25) is 4.99 Å². The Morgan fingerprint density at radius 3 is 2.93 bits per heavy atom. The zero-order valence-electron chi connectivity index (χ0n) is 15.2. The minimum atomic E-state index is -0.643. The number of rotatable bonds is 8. The second-order valence-electron chi connectivity index (χ2n) is 6.08. The van der Waals surface area contributed by atoms with E-state index in [2.05, 4.69) is 31.2 Å². The highest BCUT2D eigenvalue weighted by Crippen LogP contribution is 2.26. The van der Waals surface area contributed by atoms with E-state index in [4.69, 9.17) is 11.6 Å². The van der Waals surface area contributed by atoms with Crippen LogP contribution in [0.3, 0.4) is 0 Å². The fraction of sp³-hybridized carbons (Fsp3) is 0.368. The molecule has 3 N–H and O–H groups in total. The summed E-state index contributed by atoms with van der Waals surface area (Å²) in [5, 5.41) is 16.7. The molecule has 8 heteroatoms. The Labute approximate surface area is 167 Å². The van der Waals surface area contributed by atoms with Crippen molar-refractivity contribution in [3.63, 3.8) is 0 Å². The third-order valence-corrected chi connectivity index (χ3v) is 5.42. The average molecular weight is 406 g/mol. The van der Waals surface area contributed by atoms with Gasteiger partial charge in [-0.2, -0.15) is 0 Å². The standard InChI is InChI=1S/C19H24ClN5OS/c1-2-21-19(23-12-16(26)17-8-9-18(20)27-17)22-10-5-11-25-13-24-14-6-3-4-7-15(14)25/h3-4,6-9,13,16,26H,2,5,10-12H2,1H3,(H2,21,22,23). The van der Waals surface area contributed by atoms with Crippen molar-refractivity contribution in [2.75, 3.05) is 19.6 Å². The maximum atomic E-state index is 10.2. The average Bonchev–Trinajstić information content (AvgIpc) is 3.29. The maximum Gasteiger partial charge on any atom is 0.191 e. The number of aliphatic imine (C=N–C) groups is 1. The summed E-state index contributed by atoms with van der Waals surface area (Å²) in [7, 11) is 0. The van der Waals surface area contributed by atoms with Crippen molar-refractivity contribution < 1.29 is 5.11 Å². The van der Waals surface area contributed by atoms with E-state index in [-0.39, 0.29) is 0 Å². The van der Waals surface area contributed by atoms with Crippen LogP contribution in [0, 0.1) is 0 Å². The molecule has 144 valence electrons. The van der Waals surface area contributed by atoms with E-state index in [9.17, 15) is 5.11 Å². The second kappa shape index (κ2) is 9.73. The number of halogens is 1. The minimum absolute atomic E-state index is 0.290. The lowest BCUT2D eigenvalue weighted by Gasteiger charge is -2.13. The van der Waals surface area contributed by atoms with Gasteiger partial charge in [0.15, 0.2) is 5.96 Å². The van der Waals surface area contributed by atoms with Gasteiger partial charge in [0, 0.05) is 24.5 Å². The number of aliphatic hydroxyl groups excluding tert-OH is 1. The van der Waals surface area contributed by atoms with Crippen molar-refractivity contribution in [1.29, 1.82) is 0 Å². The van der Waals surface area contributed by atoms with Gasteiger partial charge in [0.2, 0.25) is 0 Å². The molecule has 1 atom stereocenters. The fourth-order valence-electron chi connectivity index (χ4n) is 2.76. The summed E-state index contributed by atoms with van der Waals surface area (Å²) < 4.78 is 2.83. The zero-order chi connectivity index (χ0) is 19.1. The molecule has 6 nitrogen and oxygen atoms in total. The number of aryl methyl sites for hydroxylation is 1. The number of fused-ring (bicyclic) bond motifs is 1. The van der Waals surface area contributed by atoms with E-state index in [0.29, 0.717) is 16.8 Å². The van der Waals surface area contributed by atoms with Gasteiger partial charge >= 0.3 is 0 Å². The van der Waals surface area contributed by atoms with Gasteiger partial charge in [-0.05, 0) is 37.6 Å². The summed E-state index contributed by atoms with van der Waals surface area (Å²) in [5.41, 5.74) is 2.17. The summed E-state index contributed by atoms with van der Waals surface area (Å²) in [6.45, 7) is 4.73. The summed E-state index contributed by atoms with van der Waals surface area (Å²) in [5.74, 6) is 0.703. The monoisotopic (exact) mass is 405 g/mol. The Kier molecular flexibility index (Phi) is 7.09. The first-order valence-corrected chi connectivity index (χ1v) is 10.2. The Bertz CT molecular complexity index is 891. The summed E-state index contributed by atoms with van der Waals surface area (Å²) in [6.07, 6.45) is 2.18. The molecule has 0 aliphatic heterocycles. The van der Waals surface area contributed by atoms with Crippen LogP contribution in [0.2, 0.25) is 4.34 Å². The molecule has 1 aromatic carbocycles. The van der Waals surface area contributed by atoms with Crippen LogP contribution in [0.5, 0.6) is 0 Å². The van der Waals surface area contributed by atoms with Crippen molar-refractivity contribution >= 4 is 39.9 Å². The first-order valence-electron chi connectivity index (χ1n) is 9.02. The molecule has 0 radical (unpaired) electrons. The lowest BCUT2D eigenvalue weighted by Crippen LogP contribution is -2.38. The van der Waals surface area contributed by atoms with E-state index in [1.807, 2.05) is 37.5 Å². The highest BCUT2D eigenvalue weighted by molar-refractivity contribution is 7.16. The van der Waals surface area contributed by atoms with Crippen LogP contribution in [0.1, 0.15) is 24.3 Å². The van der Waals surface area contributed by atoms with Crippen LogP contribution in [0.15, 0.2) is 47.7 Å². The lowest BCUT2D eigenvalue weighted by atomic mass is 10.3. The van der Waals surface area contributed by atoms with Gasteiger partial charge in [-0.15, -0.1) is 11.3 Å². The van der Waals surface area contributed by atoms with Crippen molar-refractivity contribution in [1.82, 2.24) is 20.2 Å². The van der Waals surface area contributed by atoms with Crippen LogP contribution in [0.4, 0.5) is 0 Å². The molecule has 0 spiro atoms. The smallest absolute Gasteiger partial charge is 0.191 e. The third-order valence-electron chi connectivity index (χ3n) is 4.08. The lowest BCUT2D eigenvalue weighted by molar-refractivity contribution is 0.191. The van der Waals surface area contributed by atoms with Gasteiger partial charge in [-0.25, -0.2) is 4.98 Å². The molecule has 27 heavy (non-hydrogen) atoms. The molecule has 0 bridgehead atoms.